The molecule has 0 bridgehead atoms. The first kappa shape index (κ1) is 21.8. The fourth-order valence-electron chi connectivity index (χ4n) is 3.01. The van der Waals surface area contributed by atoms with Crippen LogP contribution in [-0.4, -0.2) is 35.8 Å². The van der Waals surface area contributed by atoms with Crippen LogP contribution in [0.3, 0.4) is 0 Å². The highest BCUT2D eigenvalue weighted by Gasteiger charge is 2.23. The number of rotatable bonds is 6. The topological polar surface area (TPSA) is 113 Å². The lowest BCUT2D eigenvalue weighted by Gasteiger charge is -2.15. The molecule has 4 rings (SSSR count). The Morgan fingerprint density at radius 3 is 2.59 bits per heavy atom. The van der Waals surface area contributed by atoms with Gasteiger partial charge in [-0.25, -0.2) is 22.8 Å². The number of amides is 1. The Kier molecular flexibility index (Phi) is 5.66. The molecule has 0 unspecified atom stereocenters. The minimum atomic E-state index is -3.57. The Morgan fingerprint density at radius 2 is 1.84 bits per heavy atom. The van der Waals surface area contributed by atoms with Crippen molar-refractivity contribution in [1.82, 2.24) is 9.97 Å². The first-order valence-corrected chi connectivity index (χ1v) is 11.4. The van der Waals surface area contributed by atoms with Crippen molar-refractivity contribution in [3.05, 3.63) is 64.6 Å². The minimum Gasteiger partial charge on any atom is -0.338 e. The van der Waals surface area contributed by atoms with Gasteiger partial charge >= 0.3 is 0 Å². The molecular formula is C21H17ClFN5O3S. The zero-order chi connectivity index (χ0) is 23.0. The zero-order valence-corrected chi connectivity index (χ0v) is 18.5. The quantitative estimate of drug-likeness (QED) is 0.541. The molecule has 1 aliphatic heterocycles. The van der Waals surface area contributed by atoms with Crippen LogP contribution >= 0.6 is 11.6 Å². The van der Waals surface area contributed by atoms with E-state index in [1.807, 2.05) is 0 Å². The van der Waals surface area contributed by atoms with Gasteiger partial charge in [0.2, 0.25) is 5.95 Å². The second-order valence-electron chi connectivity index (χ2n) is 7.21. The molecule has 2 aromatic carbocycles. The smallest absolute Gasteiger partial charge is 0.277 e. The molecule has 0 saturated carbocycles. The van der Waals surface area contributed by atoms with E-state index in [-0.39, 0.29) is 32.9 Å². The third-order valence-electron chi connectivity index (χ3n) is 4.75. The van der Waals surface area contributed by atoms with Gasteiger partial charge in [0, 0.05) is 11.8 Å². The fraction of sp³-hybridized carbons (Fsp3) is 0.143. The van der Waals surface area contributed by atoms with Gasteiger partial charge in [0.25, 0.3) is 5.91 Å². The number of sulfone groups is 1. The van der Waals surface area contributed by atoms with Gasteiger partial charge in [0.1, 0.15) is 10.8 Å². The van der Waals surface area contributed by atoms with Gasteiger partial charge in [-0.15, -0.1) is 0 Å². The Morgan fingerprint density at radius 1 is 1.09 bits per heavy atom. The summed E-state index contributed by atoms with van der Waals surface area (Å²) in [6, 6.07) is 8.90. The number of benzene rings is 2. The van der Waals surface area contributed by atoms with Crippen molar-refractivity contribution in [1.29, 1.82) is 0 Å². The highest BCUT2D eigenvalue weighted by molar-refractivity contribution is 7.92. The van der Waals surface area contributed by atoms with E-state index in [1.54, 1.807) is 32.0 Å². The number of carbonyl (C=O) groups excluding carboxylic acids is 1. The van der Waals surface area contributed by atoms with Crippen LogP contribution in [0.2, 0.25) is 5.02 Å². The van der Waals surface area contributed by atoms with Crippen LogP contribution in [0.5, 0.6) is 0 Å². The number of nitrogens with one attached hydrogen (secondary N) is 2. The Balaban J connectivity index is 1.66. The zero-order valence-electron chi connectivity index (χ0n) is 16.9. The molecule has 1 amide bonds. The van der Waals surface area contributed by atoms with Gasteiger partial charge < -0.3 is 10.6 Å². The van der Waals surface area contributed by atoms with Crippen molar-refractivity contribution in [2.45, 2.75) is 24.0 Å². The van der Waals surface area contributed by atoms with Gasteiger partial charge in [-0.2, -0.15) is 4.98 Å². The standard InChI is InChI=1S/C21H17ClFN5O3S/c1-11(2)32(30,31)18-6-4-3-5-16(18)26-19-14(22)10-25-21(28-19)27-17-8-13-12(7-15(17)23)9-24-20(13)29/h3-11H,1-2H3,(H2,25,26,27,28). The third kappa shape index (κ3) is 4.06. The average Bonchev–Trinajstić information content (AvgIpc) is 3.10. The van der Waals surface area contributed by atoms with Gasteiger partial charge in [-0.1, -0.05) is 23.7 Å². The first-order chi connectivity index (χ1) is 15.2. The molecule has 2 heterocycles. The van der Waals surface area contributed by atoms with E-state index in [0.717, 1.165) is 0 Å². The molecule has 32 heavy (non-hydrogen) atoms. The first-order valence-electron chi connectivity index (χ1n) is 9.48. The number of hydrogen-bond donors (Lipinski definition) is 2. The van der Waals surface area contributed by atoms with Gasteiger partial charge in [0.05, 0.1) is 33.3 Å². The lowest BCUT2D eigenvalue weighted by atomic mass is 10.1. The maximum atomic E-state index is 14.4. The molecule has 0 saturated heterocycles. The van der Waals surface area contributed by atoms with Gasteiger partial charge in [-0.3, -0.25) is 4.79 Å². The summed E-state index contributed by atoms with van der Waals surface area (Å²) in [4.78, 5) is 23.8. The molecule has 0 radical (unpaired) electrons. The number of para-hydroxylation sites is 1. The number of aliphatic imine (C=N–C) groups is 1. The summed E-state index contributed by atoms with van der Waals surface area (Å²) in [7, 11) is -3.57. The molecule has 0 fully saturated rings. The molecule has 1 aromatic heterocycles. The highest BCUT2D eigenvalue weighted by Crippen LogP contribution is 2.31. The van der Waals surface area contributed by atoms with Crippen molar-refractivity contribution >= 4 is 56.7 Å². The van der Waals surface area contributed by atoms with Crippen LogP contribution in [0, 0.1) is 5.82 Å². The van der Waals surface area contributed by atoms with E-state index < -0.39 is 26.8 Å². The number of fused-ring (bicyclic) bond motifs is 1. The van der Waals surface area contributed by atoms with Crippen molar-refractivity contribution in [2.24, 2.45) is 4.99 Å². The monoisotopic (exact) mass is 473 g/mol. The Labute approximate surface area is 188 Å². The van der Waals surface area contributed by atoms with E-state index in [4.69, 9.17) is 11.6 Å². The summed E-state index contributed by atoms with van der Waals surface area (Å²) in [6.07, 6.45) is 2.59. The SMILES string of the molecule is CC(C)S(=O)(=O)c1ccccc1Nc1nc(Nc2cc3c(cc2F)C=NC3=O)ncc1Cl. The number of halogens is 2. The lowest BCUT2D eigenvalue weighted by Crippen LogP contribution is -2.15. The van der Waals surface area contributed by atoms with Crippen molar-refractivity contribution in [2.75, 3.05) is 10.6 Å². The summed E-state index contributed by atoms with van der Waals surface area (Å²) in [5.74, 6) is -0.973. The van der Waals surface area contributed by atoms with E-state index in [2.05, 4.69) is 25.6 Å². The normalized spacial score (nSPS) is 12.8. The molecule has 8 nitrogen and oxygen atoms in total. The number of anilines is 4. The molecule has 11 heteroatoms. The second-order valence-corrected chi connectivity index (χ2v) is 10.1. The Bertz CT molecular complexity index is 1380. The summed E-state index contributed by atoms with van der Waals surface area (Å²) in [5.41, 5.74) is 0.923. The Hall–Kier alpha value is -3.37. The van der Waals surface area contributed by atoms with E-state index in [0.29, 0.717) is 11.3 Å². The fourth-order valence-corrected chi connectivity index (χ4v) is 4.35. The van der Waals surface area contributed by atoms with Crippen LogP contribution in [-0.2, 0) is 9.84 Å². The van der Waals surface area contributed by atoms with E-state index >= 15 is 0 Å². The second kappa shape index (κ2) is 8.29. The molecule has 0 spiro atoms. The maximum absolute atomic E-state index is 14.4. The molecule has 1 aliphatic rings. The summed E-state index contributed by atoms with van der Waals surface area (Å²) in [5, 5.41) is 5.14. The number of hydrogen-bond acceptors (Lipinski definition) is 7. The van der Waals surface area contributed by atoms with Crippen molar-refractivity contribution < 1.29 is 17.6 Å². The molecular weight excluding hydrogens is 457 g/mol. The van der Waals surface area contributed by atoms with Crippen LogP contribution in [0.15, 0.2) is 52.5 Å². The molecule has 0 atom stereocenters. The minimum absolute atomic E-state index is 0.00804. The van der Waals surface area contributed by atoms with Gasteiger partial charge in [0.15, 0.2) is 15.7 Å². The predicted octanol–water partition coefficient (Wildman–Crippen LogP) is 4.51. The number of nitrogens with zero attached hydrogens (tertiary/aromatic N) is 3. The van der Waals surface area contributed by atoms with E-state index in [1.165, 1.54) is 30.6 Å². The van der Waals surface area contributed by atoms with Crippen LogP contribution in [0.1, 0.15) is 29.8 Å². The van der Waals surface area contributed by atoms with Crippen LogP contribution in [0.25, 0.3) is 0 Å². The average molecular weight is 474 g/mol. The summed E-state index contributed by atoms with van der Waals surface area (Å²) in [6.45, 7) is 3.18. The van der Waals surface area contributed by atoms with E-state index in [9.17, 15) is 17.6 Å². The lowest BCUT2D eigenvalue weighted by molar-refractivity contribution is 0.101. The van der Waals surface area contributed by atoms with Crippen molar-refractivity contribution in [3.63, 3.8) is 0 Å². The highest BCUT2D eigenvalue weighted by atomic mass is 35.5. The maximum Gasteiger partial charge on any atom is 0.277 e. The number of carbonyl (C=O) groups is 1. The van der Waals surface area contributed by atoms with Gasteiger partial charge in [-0.05, 0) is 38.1 Å². The molecule has 3 aromatic rings. The largest absolute Gasteiger partial charge is 0.338 e. The summed E-state index contributed by atoms with van der Waals surface area (Å²) < 4.78 is 39.8. The van der Waals surface area contributed by atoms with Crippen LogP contribution in [0.4, 0.5) is 27.5 Å². The van der Waals surface area contributed by atoms with Crippen molar-refractivity contribution in [3.8, 4) is 0 Å². The molecule has 2 N–H and O–H groups in total. The molecule has 164 valence electrons. The molecule has 0 aliphatic carbocycles. The number of aromatic nitrogens is 2. The van der Waals surface area contributed by atoms with Crippen LogP contribution < -0.4 is 10.6 Å². The summed E-state index contributed by atoms with van der Waals surface area (Å²) >= 11 is 6.21. The third-order valence-corrected chi connectivity index (χ3v) is 7.24. The predicted molar refractivity (Wildman–Crippen MR) is 121 cm³/mol.